The van der Waals surface area contributed by atoms with Crippen LogP contribution in [-0.2, 0) is 20.0 Å². The summed E-state index contributed by atoms with van der Waals surface area (Å²) in [6.45, 7) is 0.531. The summed E-state index contributed by atoms with van der Waals surface area (Å²) in [4.78, 5) is 12.6. The van der Waals surface area contributed by atoms with E-state index in [0.717, 1.165) is 31.2 Å². The number of halogens is 2. The monoisotopic (exact) mass is 470 g/mol. The highest BCUT2D eigenvalue weighted by Gasteiger charge is 2.36. The summed E-state index contributed by atoms with van der Waals surface area (Å²) < 4.78 is 24.7. The van der Waals surface area contributed by atoms with Crippen LogP contribution in [0.5, 0.6) is 0 Å². The Hall–Kier alpha value is -1.60. The summed E-state index contributed by atoms with van der Waals surface area (Å²) in [6, 6.07) is 16.1. The molecule has 0 heterocycles. The minimum Gasteiger partial charge on any atom is -0.353 e. The van der Waals surface area contributed by atoms with Gasteiger partial charge in [0.25, 0.3) is 0 Å². The van der Waals surface area contributed by atoms with Crippen molar-refractivity contribution in [1.29, 1.82) is 0 Å². The number of carbonyl (C=O) groups is 1. The maximum absolute atomic E-state index is 12.3. The SMILES string of the molecule is Cl.NCC1(c2cccc(Cl)c2)CCC(NC(=O)CCS(=O)(=O)c2ccccc2)CC1. The van der Waals surface area contributed by atoms with Crippen LogP contribution in [0.1, 0.15) is 37.7 Å². The van der Waals surface area contributed by atoms with E-state index in [1.54, 1.807) is 30.3 Å². The number of hydrogen-bond acceptors (Lipinski definition) is 4. The first-order valence-electron chi connectivity index (χ1n) is 9.88. The largest absolute Gasteiger partial charge is 0.353 e. The first kappa shape index (κ1) is 24.7. The van der Waals surface area contributed by atoms with Gasteiger partial charge in [-0.25, -0.2) is 8.42 Å². The number of sulfone groups is 1. The lowest BCUT2D eigenvalue weighted by Crippen LogP contribution is -2.45. The van der Waals surface area contributed by atoms with E-state index in [4.69, 9.17) is 17.3 Å². The van der Waals surface area contributed by atoms with Crippen LogP contribution in [0.3, 0.4) is 0 Å². The Bertz CT molecular complexity index is 944. The maximum atomic E-state index is 12.3. The molecule has 1 amide bonds. The molecular formula is C22H28Cl2N2O3S. The molecule has 3 N–H and O–H groups in total. The quantitative estimate of drug-likeness (QED) is 0.642. The molecule has 3 rings (SSSR count). The van der Waals surface area contributed by atoms with Crippen molar-refractivity contribution >= 4 is 39.8 Å². The summed E-state index contributed by atoms with van der Waals surface area (Å²) in [5.74, 6) is -0.414. The fourth-order valence-electron chi connectivity index (χ4n) is 4.02. The lowest BCUT2D eigenvalue weighted by atomic mass is 9.68. The van der Waals surface area contributed by atoms with Gasteiger partial charge in [-0.15, -0.1) is 12.4 Å². The molecular weight excluding hydrogens is 443 g/mol. The third kappa shape index (κ3) is 5.97. The third-order valence-corrected chi connectivity index (χ3v) is 7.80. The standard InChI is InChI=1S/C22H27ClN2O3S.ClH/c23-18-6-4-5-17(15-18)22(16-24)12-9-19(10-13-22)25-21(26)11-14-29(27,28)20-7-2-1-3-8-20;/h1-8,15,19H,9-14,16,24H2,(H,25,26);1H. The lowest BCUT2D eigenvalue weighted by Gasteiger charge is -2.40. The predicted octanol–water partition coefficient (Wildman–Crippen LogP) is 3.88. The Balaban J connectivity index is 0.00000320. The zero-order chi connectivity index (χ0) is 20.9. The predicted molar refractivity (Wildman–Crippen MR) is 123 cm³/mol. The Kier molecular flexibility index (Phi) is 8.73. The molecule has 5 nitrogen and oxygen atoms in total. The summed E-state index contributed by atoms with van der Waals surface area (Å²) in [7, 11) is -3.45. The lowest BCUT2D eigenvalue weighted by molar-refractivity contribution is -0.121. The van der Waals surface area contributed by atoms with E-state index in [-0.39, 0.29) is 46.8 Å². The highest BCUT2D eigenvalue weighted by molar-refractivity contribution is 7.91. The van der Waals surface area contributed by atoms with Crippen LogP contribution in [0.25, 0.3) is 0 Å². The van der Waals surface area contributed by atoms with Crippen molar-refractivity contribution in [2.45, 2.75) is 48.5 Å². The number of nitrogens with two attached hydrogens (primary N) is 1. The van der Waals surface area contributed by atoms with Gasteiger partial charge < -0.3 is 11.1 Å². The average Bonchev–Trinajstić information content (AvgIpc) is 2.74. The van der Waals surface area contributed by atoms with Gasteiger partial charge in [0.1, 0.15) is 0 Å². The van der Waals surface area contributed by atoms with E-state index in [0.29, 0.717) is 11.6 Å². The molecule has 30 heavy (non-hydrogen) atoms. The van der Waals surface area contributed by atoms with Crippen molar-refractivity contribution in [3.8, 4) is 0 Å². The second kappa shape index (κ2) is 10.6. The van der Waals surface area contributed by atoms with Crippen molar-refractivity contribution in [2.75, 3.05) is 12.3 Å². The number of carbonyl (C=O) groups excluding carboxylic acids is 1. The summed E-state index contributed by atoms with van der Waals surface area (Å²) in [5, 5.41) is 3.70. The van der Waals surface area contributed by atoms with E-state index >= 15 is 0 Å². The molecule has 164 valence electrons. The van der Waals surface area contributed by atoms with Gasteiger partial charge in [-0.05, 0) is 55.5 Å². The van der Waals surface area contributed by atoms with Crippen molar-refractivity contribution in [1.82, 2.24) is 5.32 Å². The van der Waals surface area contributed by atoms with Crippen LogP contribution in [-0.4, -0.2) is 32.7 Å². The Morgan fingerprint density at radius 2 is 1.77 bits per heavy atom. The van der Waals surface area contributed by atoms with Crippen LogP contribution >= 0.6 is 24.0 Å². The van der Waals surface area contributed by atoms with Crippen LogP contribution in [0.2, 0.25) is 5.02 Å². The molecule has 2 aromatic carbocycles. The number of nitrogens with one attached hydrogen (secondary N) is 1. The van der Waals surface area contributed by atoms with Crippen LogP contribution in [0.15, 0.2) is 59.5 Å². The number of amides is 1. The van der Waals surface area contributed by atoms with Gasteiger partial charge in [-0.2, -0.15) is 0 Å². The molecule has 0 aromatic heterocycles. The Labute approximate surface area is 189 Å². The second-order valence-corrected chi connectivity index (χ2v) is 10.3. The van der Waals surface area contributed by atoms with Crippen molar-refractivity contribution < 1.29 is 13.2 Å². The molecule has 0 bridgehead atoms. The van der Waals surface area contributed by atoms with Gasteiger partial charge in [0, 0.05) is 29.4 Å². The van der Waals surface area contributed by atoms with Gasteiger partial charge in [-0.3, -0.25) is 4.79 Å². The topological polar surface area (TPSA) is 89.3 Å². The van der Waals surface area contributed by atoms with Crippen LogP contribution in [0.4, 0.5) is 0 Å². The van der Waals surface area contributed by atoms with Crippen LogP contribution < -0.4 is 11.1 Å². The molecule has 0 spiro atoms. The highest BCUT2D eigenvalue weighted by Crippen LogP contribution is 2.39. The zero-order valence-electron chi connectivity index (χ0n) is 16.7. The molecule has 1 aliphatic carbocycles. The smallest absolute Gasteiger partial charge is 0.221 e. The average molecular weight is 471 g/mol. The molecule has 0 atom stereocenters. The second-order valence-electron chi connectivity index (χ2n) is 7.72. The van der Waals surface area contributed by atoms with E-state index in [1.165, 1.54) is 0 Å². The van der Waals surface area contributed by atoms with E-state index in [2.05, 4.69) is 11.4 Å². The van der Waals surface area contributed by atoms with Gasteiger partial charge in [0.2, 0.25) is 5.91 Å². The fraction of sp³-hybridized carbons (Fsp3) is 0.409. The van der Waals surface area contributed by atoms with Crippen molar-refractivity contribution in [3.63, 3.8) is 0 Å². The molecule has 8 heteroatoms. The van der Waals surface area contributed by atoms with Crippen LogP contribution in [0, 0.1) is 0 Å². The van der Waals surface area contributed by atoms with Gasteiger partial charge in [-0.1, -0.05) is 41.9 Å². The van der Waals surface area contributed by atoms with Gasteiger partial charge in [0.15, 0.2) is 9.84 Å². The molecule has 1 fully saturated rings. The minimum absolute atomic E-state index is 0. The molecule has 1 saturated carbocycles. The fourth-order valence-corrected chi connectivity index (χ4v) is 5.47. The summed E-state index contributed by atoms with van der Waals surface area (Å²) >= 11 is 6.15. The molecule has 0 unspecified atom stereocenters. The summed E-state index contributed by atoms with van der Waals surface area (Å²) in [6.07, 6.45) is 3.29. The first-order chi connectivity index (χ1) is 13.8. The number of hydrogen-bond donors (Lipinski definition) is 2. The molecule has 0 saturated heterocycles. The molecule has 1 aliphatic rings. The van der Waals surface area contributed by atoms with Gasteiger partial charge >= 0.3 is 0 Å². The minimum atomic E-state index is -3.45. The normalized spacial score (nSPS) is 21.5. The Morgan fingerprint density at radius 3 is 2.37 bits per heavy atom. The number of benzene rings is 2. The highest BCUT2D eigenvalue weighted by atomic mass is 35.5. The van der Waals surface area contributed by atoms with Crippen molar-refractivity contribution in [3.05, 3.63) is 65.2 Å². The summed E-state index contributed by atoms with van der Waals surface area (Å²) in [5.41, 5.74) is 7.14. The van der Waals surface area contributed by atoms with Gasteiger partial charge in [0.05, 0.1) is 10.6 Å². The van der Waals surface area contributed by atoms with E-state index < -0.39 is 9.84 Å². The van der Waals surface area contributed by atoms with E-state index in [9.17, 15) is 13.2 Å². The first-order valence-corrected chi connectivity index (χ1v) is 11.9. The molecule has 2 aromatic rings. The number of rotatable bonds is 7. The van der Waals surface area contributed by atoms with Crippen molar-refractivity contribution in [2.24, 2.45) is 5.73 Å². The Morgan fingerprint density at radius 1 is 1.10 bits per heavy atom. The molecule has 0 aliphatic heterocycles. The maximum Gasteiger partial charge on any atom is 0.221 e. The third-order valence-electron chi connectivity index (χ3n) is 5.84. The van der Waals surface area contributed by atoms with E-state index in [1.807, 2.05) is 18.2 Å². The molecule has 0 radical (unpaired) electrons. The zero-order valence-corrected chi connectivity index (χ0v) is 19.1.